The molecule has 0 radical (unpaired) electrons. The summed E-state index contributed by atoms with van der Waals surface area (Å²) in [5.74, 6) is 1.56. The number of likely N-dealkylation sites (tertiary alicyclic amines) is 1. The molecule has 1 aromatic carbocycles. The Kier molecular flexibility index (Phi) is 6.71. The van der Waals surface area contributed by atoms with Crippen LogP contribution in [0.25, 0.3) is 0 Å². The fourth-order valence-electron chi connectivity index (χ4n) is 4.30. The van der Waals surface area contributed by atoms with E-state index in [4.69, 9.17) is 12.2 Å². The van der Waals surface area contributed by atoms with Crippen LogP contribution in [0.5, 0.6) is 0 Å². The summed E-state index contributed by atoms with van der Waals surface area (Å²) >= 11 is 5.60. The molecule has 2 aliphatic rings. The fraction of sp³-hybridized carbons (Fsp3) is 0.619. The minimum atomic E-state index is 0.317. The monoisotopic (exact) mass is 389 g/mol. The summed E-state index contributed by atoms with van der Waals surface area (Å²) in [5, 5.41) is 4.16. The topological polar surface area (TPSA) is 40.0 Å². The van der Waals surface area contributed by atoms with Gasteiger partial charge in [-0.2, -0.15) is 0 Å². The number of anilines is 1. The summed E-state index contributed by atoms with van der Waals surface area (Å²) in [6.45, 7) is 12.8. The zero-order valence-corrected chi connectivity index (χ0v) is 17.6. The van der Waals surface area contributed by atoms with Crippen molar-refractivity contribution < 1.29 is 9.69 Å². The Labute approximate surface area is 168 Å². The third-order valence-corrected chi connectivity index (χ3v) is 6.13. The molecular weight excluding hydrogens is 356 g/mol. The first-order chi connectivity index (χ1) is 12.9. The van der Waals surface area contributed by atoms with Crippen LogP contribution in [-0.4, -0.2) is 66.6 Å². The molecule has 0 aliphatic carbocycles. The SMILES string of the molecule is Cc1ccccc1NC(=S)N1CC[NH+](CC(=O)N2C[C@@H](C)C[C@H](C)C2)CC1. The number of nitrogens with zero attached hydrogens (tertiary/aromatic N) is 2. The number of piperazine rings is 1. The van der Waals surface area contributed by atoms with Gasteiger partial charge < -0.3 is 20.0 Å². The molecule has 2 fully saturated rings. The second-order valence-electron chi connectivity index (χ2n) is 8.40. The Balaban J connectivity index is 1.45. The molecule has 0 bridgehead atoms. The number of carbonyl (C=O) groups is 1. The number of nitrogens with one attached hydrogen (secondary N) is 2. The van der Waals surface area contributed by atoms with Crippen molar-refractivity contribution in [2.24, 2.45) is 11.8 Å². The molecule has 2 saturated heterocycles. The van der Waals surface area contributed by atoms with Gasteiger partial charge in [0.1, 0.15) is 0 Å². The molecule has 2 aliphatic heterocycles. The maximum Gasteiger partial charge on any atom is 0.277 e. The van der Waals surface area contributed by atoms with Gasteiger partial charge in [0.15, 0.2) is 11.7 Å². The summed E-state index contributed by atoms with van der Waals surface area (Å²) in [5.41, 5.74) is 2.26. The predicted octanol–water partition coefficient (Wildman–Crippen LogP) is 1.40. The highest BCUT2D eigenvalue weighted by Gasteiger charge is 2.29. The zero-order valence-electron chi connectivity index (χ0n) is 16.8. The molecule has 27 heavy (non-hydrogen) atoms. The summed E-state index contributed by atoms with van der Waals surface area (Å²) < 4.78 is 0. The Morgan fingerprint density at radius 2 is 1.78 bits per heavy atom. The molecule has 1 aromatic rings. The normalized spacial score (nSPS) is 24.0. The number of hydrogen-bond acceptors (Lipinski definition) is 2. The average molecular weight is 390 g/mol. The van der Waals surface area contributed by atoms with Crippen molar-refractivity contribution in [2.45, 2.75) is 27.2 Å². The van der Waals surface area contributed by atoms with Crippen molar-refractivity contribution >= 4 is 28.9 Å². The van der Waals surface area contributed by atoms with Crippen molar-refractivity contribution in [3.8, 4) is 0 Å². The number of benzene rings is 1. The van der Waals surface area contributed by atoms with Gasteiger partial charge in [-0.25, -0.2) is 0 Å². The van der Waals surface area contributed by atoms with Gasteiger partial charge in [-0.05, 0) is 49.0 Å². The number of para-hydroxylation sites is 1. The Morgan fingerprint density at radius 1 is 1.15 bits per heavy atom. The highest BCUT2D eigenvalue weighted by Crippen LogP contribution is 2.20. The number of rotatable bonds is 3. The molecule has 148 valence electrons. The highest BCUT2D eigenvalue weighted by atomic mass is 32.1. The van der Waals surface area contributed by atoms with E-state index in [9.17, 15) is 4.79 Å². The Hall–Kier alpha value is -1.66. The van der Waals surface area contributed by atoms with Gasteiger partial charge in [0.05, 0.1) is 26.2 Å². The van der Waals surface area contributed by atoms with E-state index in [1.165, 1.54) is 16.9 Å². The molecule has 1 amide bonds. The number of carbonyl (C=O) groups excluding carboxylic acids is 1. The van der Waals surface area contributed by atoms with Crippen LogP contribution < -0.4 is 10.2 Å². The first kappa shape index (κ1) is 20.1. The smallest absolute Gasteiger partial charge is 0.277 e. The largest absolute Gasteiger partial charge is 0.338 e. The molecular formula is C21H33N4OS+. The van der Waals surface area contributed by atoms with E-state index < -0.39 is 0 Å². The van der Waals surface area contributed by atoms with Crippen molar-refractivity contribution in [2.75, 3.05) is 51.1 Å². The van der Waals surface area contributed by atoms with E-state index in [1.54, 1.807) is 0 Å². The van der Waals surface area contributed by atoms with E-state index in [0.717, 1.165) is 50.1 Å². The molecule has 0 aromatic heterocycles. The lowest BCUT2D eigenvalue weighted by molar-refractivity contribution is -0.896. The molecule has 0 spiro atoms. The van der Waals surface area contributed by atoms with Gasteiger partial charge in [-0.15, -0.1) is 0 Å². The van der Waals surface area contributed by atoms with E-state index >= 15 is 0 Å². The van der Waals surface area contributed by atoms with E-state index in [1.807, 2.05) is 12.1 Å². The maximum absolute atomic E-state index is 12.7. The van der Waals surface area contributed by atoms with Crippen LogP contribution in [0.15, 0.2) is 24.3 Å². The van der Waals surface area contributed by atoms with Gasteiger partial charge >= 0.3 is 0 Å². The summed E-state index contributed by atoms with van der Waals surface area (Å²) in [4.78, 5) is 18.4. The van der Waals surface area contributed by atoms with Crippen molar-refractivity contribution in [1.29, 1.82) is 0 Å². The lowest BCUT2D eigenvalue weighted by Gasteiger charge is -2.37. The minimum Gasteiger partial charge on any atom is -0.338 e. The summed E-state index contributed by atoms with van der Waals surface area (Å²) in [6, 6.07) is 8.20. The van der Waals surface area contributed by atoms with Crippen LogP contribution in [0.3, 0.4) is 0 Å². The fourth-order valence-corrected chi connectivity index (χ4v) is 4.60. The predicted molar refractivity (Wildman–Crippen MR) is 114 cm³/mol. The quantitative estimate of drug-likeness (QED) is 0.767. The average Bonchev–Trinajstić information content (AvgIpc) is 2.63. The van der Waals surface area contributed by atoms with Crippen LogP contribution >= 0.6 is 12.2 Å². The van der Waals surface area contributed by atoms with Crippen LogP contribution in [0.1, 0.15) is 25.8 Å². The molecule has 0 unspecified atom stereocenters. The minimum absolute atomic E-state index is 0.317. The van der Waals surface area contributed by atoms with Crippen LogP contribution in [-0.2, 0) is 4.79 Å². The second-order valence-corrected chi connectivity index (χ2v) is 8.79. The Bertz CT molecular complexity index is 662. The van der Waals surface area contributed by atoms with Gasteiger partial charge in [0, 0.05) is 18.8 Å². The summed E-state index contributed by atoms with van der Waals surface area (Å²) in [6.07, 6.45) is 1.24. The Morgan fingerprint density at radius 3 is 2.41 bits per heavy atom. The number of quaternary nitrogens is 1. The second kappa shape index (κ2) is 9.02. The number of piperidine rings is 1. The number of aryl methyl sites for hydroxylation is 1. The third kappa shape index (κ3) is 5.42. The van der Waals surface area contributed by atoms with Gasteiger partial charge in [-0.1, -0.05) is 32.0 Å². The molecule has 2 N–H and O–H groups in total. The lowest BCUT2D eigenvalue weighted by Crippen LogP contribution is -3.15. The van der Waals surface area contributed by atoms with Gasteiger partial charge in [-0.3, -0.25) is 4.79 Å². The highest BCUT2D eigenvalue weighted by molar-refractivity contribution is 7.80. The van der Waals surface area contributed by atoms with Crippen LogP contribution in [0.4, 0.5) is 5.69 Å². The molecule has 2 heterocycles. The number of hydrogen-bond donors (Lipinski definition) is 2. The van der Waals surface area contributed by atoms with E-state index in [2.05, 4.69) is 48.0 Å². The number of thiocarbonyl (C=S) groups is 1. The molecule has 5 nitrogen and oxygen atoms in total. The molecule has 6 heteroatoms. The molecule has 2 atom stereocenters. The molecule has 0 saturated carbocycles. The summed E-state index contributed by atoms with van der Waals surface area (Å²) in [7, 11) is 0. The number of amides is 1. The van der Waals surface area contributed by atoms with Crippen LogP contribution in [0, 0.1) is 18.8 Å². The van der Waals surface area contributed by atoms with Gasteiger partial charge in [0.2, 0.25) is 0 Å². The first-order valence-electron chi connectivity index (χ1n) is 10.1. The third-order valence-electron chi connectivity index (χ3n) is 5.77. The van der Waals surface area contributed by atoms with Crippen molar-refractivity contribution in [3.63, 3.8) is 0 Å². The first-order valence-corrected chi connectivity index (χ1v) is 10.6. The van der Waals surface area contributed by atoms with Crippen molar-refractivity contribution in [3.05, 3.63) is 29.8 Å². The maximum atomic E-state index is 12.7. The molecule has 3 rings (SSSR count). The van der Waals surface area contributed by atoms with E-state index in [-0.39, 0.29) is 0 Å². The van der Waals surface area contributed by atoms with E-state index in [0.29, 0.717) is 24.3 Å². The lowest BCUT2D eigenvalue weighted by atomic mass is 9.92. The standard InChI is InChI=1S/C21H32N4OS/c1-16-12-17(2)14-25(13-16)20(26)15-23-8-10-24(11-9-23)21(27)22-19-7-5-4-6-18(19)3/h4-7,16-17H,8-15H2,1-3H3,(H,22,27)/p+1/t16-,17-/m0/s1. The zero-order chi connectivity index (χ0) is 19.4. The van der Waals surface area contributed by atoms with Crippen LogP contribution in [0.2, 0.25) is 0 Å². The van der Waals surface area contributed by atoms with Crippen molar-refractivity contribution in [1.82, 2.24) is 9.80 Å². The van der Waals surface area contributed by atoms with Gasteiger partial charge in [0.25, 0.3) is 5.91 Å².